The minimum Gasteiger partial charge on any atom is -0.465 e. The van der Waals surface area contributed by atoms with Crippen molar-refractivity contribution in [2.45, 2.75) is 13.0 Å². The Morgan fingerprint density at radius 3 is 2.48 bits per heavy atom. The van der Waals surface area contributed by atoms with Crippen LogP contribution in [0, 0.1) is 0 Å². The first-order valence-electron chi connectivity index (χ1n) is 8.07. The highest BCUT2D eigenvalue weighted by Crippen LogP contribution is 2.38. The average Bonchev–Trinajstić information content (AvgIpc) is 3.04. The molecule has 0 saturated carbocycles. The first-order valence-corrected chi connectivity index (χ1v) is 9.68. The topological polar surface area (TPSA) is 84.9 Å². The van der Waals surface area contributed by atoms with Crippen molar-refractivity contribution in [2.75, 3.05) is 26.1 Å². The number of esters is 1. The molecule has 0 saturated heterocycles. The van der Waals surface area contributed by atoms with E-state index in [4.69, 9.17) is 9.47 Å². The minimum absolute atomic E-state index is 0.323. The summed E-state index contributed by atoms with van der Waals surface area (Å²) < 4.78 is 10.5. The highest BCUT2D eigenvalue weighted by atomic mass is 79.9. The van der Waals surface area contributed by atoms with Crippen LogP contribution in [0.3, 0.4) is 0 Å². The summed E-state index contributed by atoms with van der Waals surface area (Å²) in [6.45, 7) is 0.755. The summed E-state index contributed by atoms with van der Waals surface area (Å²) in [6.07, 6.45) is 0.0635. The number of methoxy groups -OCH3 is 2. The van der Waals surface area contributed by atoms with E-state index in [2.05, 4.69) is 21.2 Å². The Bertz CT molecular complexity index is 894. The number of thiophene rings is 1. The van der Waals surface area contributed by atoms with Gasteiger partial charge in [0.15, 0.2) is 0 Å². The second-order valence-corrected chi connectivity index (χ2v) is 7.82. The molecule has 1 aliphatic heterocycles. The molecule has 7 nitrogen and oxygen atoms in total. The van der Waals surface area contributed by atoms with Crippen molar-refractivity contribution in [2.24, 2.45) is 0 Å². The van der Waals surface area contributed by atoms with E-state index in [1.165, 1.54) is 25.6 Å². The van der Waals surface area contributed by atoms with Gasteiger partial charge >= 0.3 is 12.1 Å². The van der Waals surface area contributed by atoms with Crippen LogP contribution in [0.5, 0.6) is 0 Å². The fourth-order valence-corrected chi connectivity index (χ4v) is 4.38. The van der Waals surface area contributed by atoms with Crippen molar-refractivity contribution in [3.8, 4) is 0 Å². The second-order valence-electron chi connectivity index (χ2n) is 5.80. The summed E-state index contributed by atoms with van der Waals surface area (Å²) in [4.78, 5) is 39.1. The molecule has 2 aromatic rings. The number of rotatable bonds is 3. The number of nitrogens with one attached hydrogen (secondary N) is 1. The third-order valence-electron chi connectivity index (χ3n) is 4.21. The van der Waals surface area contributed by atoms with Crippen LogP contribution in [0.2, 0.25) is 0 Å². The normalized spacial score (nSPS) is 12.9. The molecule has 3 rings (SSSR count). The third kappa shape index (κ3) is 3.98. The van der Waals surface area contributed by atoms with Gasteiger partial charge in [-0.25, -0.2) is 9.59 Å². The van der Waals surface area contributed by atoms with Crippen molar-refractivity contribution in [3.63, 3.8) is 0 Å². The molecule has 2 amide bonds. The predicted octanol–water partition coefficient (Wildman–Crippen LogP) is 3.67. The number of hydrogen-bond donors (Lipinski definition) is 1. The van der Waals surface area contributed by atoms with Crippen molar-refractivity contribution >= 4 is 50.2 Å². The first-order chi connectivity index (χ1) is 12.9. The summed E-state index contributed by atoms with van der Waals surface area (Å²) >= 11 is 4.60. The molecule has 0 spiro atoms. The van der Waals surface area contributed by atoms with Gasteiger partial charge in [0.1, 0.15) is 5.00 Å². The zero-order chi connectivity index (χ0) is 19.6. The van der Waals surface area contributed by atoms with Crippen LogP contribution < -0.4 is 5.32 Å². The van der Waals surface area contributed by atoms with Gasteiger partial charge in [-0.3, -0.25) is 4.79 Å². The van der Waals surface area contributed by atoms with Crippen molar-refractivity contribution in [3.05, 3.63) is 50.3 Å². The number of nitrogens with zero attached hydrogens (tertiary/aromatic N) is 1. The molecule has 0 aliphatic carbocycles. The van der Waals surface area contributed by atoms with Gasteiger partial charge in [-0.05, 0) is 36.2 Å². The van der Waals surface area contributed by atoms with E-state index in [1.807, 2.05) is 0 Å². The van der Waals surface area contributed by atoms with Gasteiger partial charge in [0.05, 0.1) is 26.3 Å². The van der Waals surface area contributed by atoms with Gasteiger partial charge < -0.3 is 19.7 Å². The SMILES string of the molecule is COC(=O)c1c(NC(=O)c2ccc(Br)cc2)sc2c1CCN(C(=O)OC)C2. The molecular weight excluding hydrogens is 436 g/mol. The molecule has 1 aromatic heterocycles. The molecule has 0 bridgehead atoms. The predicted molar refractivity (Wildman–Crippen MR) is 104 cm³/mol. The highest BCUT2D eigenvalue weighted by molar-refractivity contribution is 9.10. The Labute approximate surface area is 168 Å². The lowest BCUT2D eigenvalue weighted by Crippen LogP contribution is -2.35. The van der Waals surface area contributed by atoms with Gasteiger partial charge in [-0.15, -0.1) is 11.3 Å². The van der Waals surface area contributed by atoms with Gasteiger partial charge in [0.2, 0.25) is 0 Å². The second kappa shape index (κ2) is 8.10. The molecule has 142 valence electrons. The quantitative estimate of drug-likeness (QED) is 0.717. The lowest BCUT2D eigenvalue weighted by atomic mass is 10.0. The summed E-state index contributed by atoms with van der Waals surface area (Å²) in [5, 5.41) is 3.23. The monoisotopic (exact) mass is 452 g/mol. The maximum absolute atomic E-state index is 12.6. The van der Waals surface area contributed by atoms with E-state index in [0.717, 1.165) is 14.9 Å². The van der Waals surface area contributed by atoms with Crippen LogP contribution in [0.4, 0.5) is 9.80 Å². The number of halogens is 1. The van der Waals surface area contributed by atoms with Crippen molar-refractivity contribution in [1.82, 2.24) is 4.90 Å². The van der Waals surface area contributed by atoms with E-state index in [0.29, 0.717) is 35.6 Å². The maximum atomic E-state index is 12.6. The number of carbonyl (C=O) groups is 3. The zero-order valence-electron chi connectivity index (χ0n) is 14.7. The Morgan fingerprint density at radius 1 is 1.15 bits per heavy atom. The minimum atomic E-state index is -0.509. The molecule has 1 aliphatic rings. The Balaban J connectivity index is 1.92. The molecule has 0 fully saturated rings. The summed E-state index contributed by atoms with van der Waals surface area (Å²) in [5.41, 5.74) is 1.63. The van der Waals surface area contributed by atoms with Crippen LogP contribution >= 0.6 is 27.3 Å². The van der Waals surface area contributed by atoms with Crippen LogP contribution in [0.1, 0.15) is 31.2 Å². The molecule has 27 heavy (non-hydrogen) atoms. The molecule has 0 radical (unpaired) electrons. The summed E-state index contributed by atoms with van der Waals surface area (Å²) in [6, 6.07) is 6.90. The summed E-state index contributed by atoms with van der Waals surface area (Å²) in [7, 11) is 2.63. The average molecular weight is 453 g/mol. The molecule has 1 aromatic carbocycles. The van der Waals surface area contributed by atoms with Crippen molar-refractivity contribution in [1.29, 1.82) is 0 Å². The van der Waals surface area contributed by atoms with Gasteiger partial charge in [0.25, 0.3) is 5.91 Å². The zero-order valence-corrected chi connectivity index (χ0v) is 17.1. The van der Waals surface area contributed by atoms with Gasteiger partial charge in [0, 0.05) is 21.5 Å². The standard InChI is InChI=1S/C18H17BrN2O5S/c1-25-17(23)14-12-7-8-21(18(24)26-2)9-13(12)27-16(14)20-15(22)10-3-5-11(19)6-4-10/h3-6H,7-9H2,1-2H3,(H,20,22). The molecule has 2 heterocycles. The maximum Gasteiger partial charge on any atom is 0.409 e. The van der Waals surface area contributed by atoms with Crippen LogP contribution in [-0.2, 0) is 22.4 Å². The van der Waals surface area contributed by atoms with Crippen molar-refractivity contribution < 1.29 is 23.9 Å². The van der Waals surface area contributed by atoms with E-state index < -0.39 is 12.1 Å². The van der Waals surface area contributed by atoms with Gasteiger partial charge in [-0.1, -0.05) is 15.9 Å². The largest absolute Gasteiger partial charge is 0.465 e. The van der Waals surface area contributed by atoms with E-state index >= 15 is 0 Å². The fourth-order valence-electron chi connectivity index (χ4n) is 2.87. The number of ether oxygens (including phenoxy) is 2. The Morgan fingerprint density at radius 2 is 1.85 bits per heavy atom. The smallest absolute Gasteiger partial charge is 0.409 e. The van der Waals surface area contributed by atoms with E-state index in [-0.39, 0.29) is 5.91 Å². The number of amides is 2. The summed E-state index contributed by atoms with van der Waals surface area (Å²) in [5.74, 6) is -0.832. The molecular formula is C18H17BrN2O5S. The lowest BCUT2D eigenvalue weighted by molar-refractivity contribution is 0.0600. The van der Waals surface area contributed by atoms with Crippen LogP contribution in [0.15, 0.2) is 28.7 Å². The number of anilines is 1. The number of hydrogen-bond acceptors (Lipinski definition) is 6. The third-order valence-corrected chi connectivity index (χ3v) is 5.87. The lowest BCUT2D eigenvalue weighted by Gasteiger charge is -2.25. The van der Waals surface area contributed by atoms with E-state index in [1.54, 1.807) is 29.2 Å². The molecule has 0 atom stereocenters. The first kappa shape index (κ1) is 19.4. The molecule has 0 unspecified atom stereocenters. The fraction of sp³-hybridized carbons (Fsp3) is 0.278. The molecule has 1 N–H and O–H groups in total. The highest BCUT2D eigenvalue weighted by Gasteiger charge is 2.31. The number of benzene rings is 1. The van der Waals surface area contributed by atoms with Crippen LogP contribution in [0.25, 0.3) is 0 Å². The Kier molecular flexibility index (Phi) is 5.81. The van der Waals surface area contributed by atoms with E-state index in [9.17, 15) is 14.4 Å². The number of fused-ring (bicyclic) bond motifs is 1. The van der Waals surface area contributed by atoms with Gasteiger partial charge in [-0.2, -0.15) is 0 Å². The molecule has 9 heteroatoms. The number of carbonyl (C=O) groups excluding carboxylic acids is 3. The van der Waals surface area contributed by atoms with Crippen LogP contribution in [-0.4, -0.2) is 43.6 Å². The Hall–Kier alpha value is -2.39.